The molecule has 4 rings (SSSR count). The molecule has 0 unspecified atom stereocenters. The summed E-state index contributed by atoms with van der Waals surface area (Å²) in [5.41, 5.74) is 3.48. The van der Waals surface area contributed by atoms with E-state index in [1.165, 1.54) is 17.0 Å². The van der Waals surface area contributed by atoms with Gasteiger partial charge in [-0.05, 0) is 66.3 Å². The number of carbonyl (C=O) groups is 2. The Hall–Kier alpha value is -4.27. The number of amides is 3. The molecule has 0 fully saturated rings. The summed E-state index contributed by atoms with van der Waals surface area (Å²) in [6.07, 6.45) is -1.99. The Kier molecular flexibility index (Phi) is 9.37. The zero-order valence-corrected chi connectivity index (χ0v) is 23.5. The summed E-state index contributed by atoms with van der Waals surface area (Å²) in [6, 6.07) is 19.7. The number of aromatic amines is 1. The molecule has 0 aliphatic rings. The lowest BCUT2D eigenvalue weighted by molar-refractivity contribution is -0.137. The second kappa shape index (κ2) is 12.9. The molecule has 1 heterocycles. The van der Waals surface area contributed by atoms with E-state index in [9.17, 15) is 22.8 Å². The Bertz CT molecular complexity index is 1480. The maximum atomic E-state index is 13.7. The molecule has 0 bridgehead atoms. The molecular formula is C32H35F3N4O2. The number of nitrogens with zero attached hydrogens (tertiary/aromatic N) is 2. The van der Waals surface area contributed by atoms with E-state index in [1.807, 2.05) is 69.4 Å². The van der Waals surface area contributed by atoms with Crippen LogP contribution in [0, 0.1) is 12.8 Å². The average molecular weight is 565 g/mol. The van der Waals surface area contributed by atoms with E-state index in [0.29, 0.717) is 30.8 Å². The van der Waals surface area contributed by atoms with Gasteiger partial charge in [0, 0.05) is 42.4 Å². The lowest BCUT2D eigenvalue weighted by Gasteiger charge is -2.29. The van der Waals surface area contributed by atoms with Gasteiger partial charge < -0.3 is 20.1 Å². The van der Waals surface area contributed by atoms with Gasteiger partial charge in [-0.15, -0.1) is 0 Å². The molecule has 4 aromatic rings. The van der Waals surface area contributed by atoms with Crippen molar-refractivity contribution in [3.8, 4) is 0 Å². The Balaban J connectivity index is 1.54. The molecule has 1 aromatic heterocycles. The van der Waals surface area contributed by atoms with Crippen molar-refractivity contribution in [2.24, 2.45) is 5.92 Å². The minimum Gasteiger partial charge on any atom is -0.361 e. The van der Waals surface area contributed by atoms with E-state index in [1.54, 1.807) is 11.0 Å². The summed E-state index contributed by atoms with van der Waals surface area (Å²) >= 11 is 0. The van der Waals surface area contributed by atoms with Crippen molar-refractivity contribution < 1.29 is 22.8 Å². The molecule has 0 spiro atoms. The van der Waals surface area contributed by atoms with Gasteiger partial charge in [0.25, 0.3) is 0 Å². The highest BCUT2D eigenvalue weighted by Crippen LogP contribution is 2.29. The van der Waals surface area contributed by atoms with Gasteiger partial charge in [0.15, 0.2) is 0 Å². The number of urea groups is 1. The van der Waals surface area contributed by atoms with Gasteiger partial charge in [-0.3, -0.25) is 4.79 Å². The zero-order chi connectivity index (χ0) is 29.6. The Morgan fingerprint density at radius 1 is 0.951 bits per heavy atom. The van der Waals surface area contributed by atoms with Gasteiger partial charge in [-0.1, -0.05) is 56.3 Å². The minimum atomic E-state index is -4.44. The van der Waals surface area contributed by atoms with Crippen LogP contribution in [0.2, 0.25) is 0 Å². The molecule has 9 heteroatoms. The summed E-state index contributed by atoms with van der Waals surface area (Å²) < 4.78 is 39.3. The maximum Gasteiger partial charge on any atom is 0.416 e. The fraction of sp³-hybridized carbons (Fsp3) is 0.312. The summed E-state index contributed by atoms with van der Waals surface area (Å²) in [5, 5.41) is 3.93. The molecule has 216 valence electrons. The van der Waals surface area contributed by atoms with Crippen molar-refractivity contribution in [3.63, 3.8) is 0 Å². The van der Waals surface area contributed by atoms with Crippen LogP contribution < -0.4 is 5.32 Å². The molecule has 3 aromatic carbocycles. The molecule has 41 heavy (non-hydrogen) atoms. The number of H-pyrrole nitrogens is 1. The van der Waals surface area contributed by atoms with Gasteiger partial charge in [0.05, 0.1) is 5.56 Å². The third kappa shape index (κ3) is 8.13. The minimum absolute atomic E-state index is 0.112. The smallest absolute Gasteiger partial charge is 0.361 e. The van der Waals surface area contributed by atoms with Crippen molar-refractivity contribution in [2.75, 3.05) is 25.0 Å². The number of fused-ring (bicyclic) bond motifs is 1. The van der Waals surface area contributed by atoms with Crippen LogP contribution >= 0.6 is 0 Å². The summed E-state index contributed by atoms with van der Waals surface area (Å²) in [4.78, 5) is 33.3. The Morgan fingerprint density at radius 3 is 2.37 bits per heavy atom. The maximum absolute atomic E-state index is 13.7. The molecule has 2 N–H and O–H groups in total. The summed E-state index contributed by atoms with van der Waals surface area (Å²) in [5.74, 6) is -0.176. The summed E-state index contributed by atoms with van der Waals surface area (Å²) in [6.45, 7) is 6.51. The van der Waals surface area contributed by atoms with Gasteiger partial charge in [0.2, 0.25) is 5.91 Å². The number of aryl methyl sites for hydroxylation is 1. The van der Waals surface area contributed by atoms with E-state index in [0.717, 1.165) is 34.2 Å². The molecule has 6 nitrogen and oxygen atoms in total. The van der Waals surface area contributed by atoms with Gasteiger partial charge >= 0.3 is 12.2 Å². The SMILES string of the molecule is Cc1cccc(NC(=O)N(CC(=O)N(CCc2c[nH]c3ccccc23)Cc2ccc(C(F)(F)F)cc2)CC(C)C)c1. The highest BCUT2D eigenvalue weighted by molar-refractivity contribution is 5.92. The molecule has 0 atom stereocenters. The number of rotatable bonds is 10. The highest BCUT2D eigenvalue weighted by Gasteiger charge is 2.30. The van der Waals surface area contributed by atoms with Crippen LogP contribution in [0.5, 0.6) is 0 Å². The normalized spacial score (nSPS) is 11.6. The average Bonchev–Trinajstić information content (AvgIpc) is 3.33. The van der Waals surface area contributed by atoms with Crippen LogP contribution in [-0.2, 0) is 23.9 Å². The van der Waals surface area contributed by atoms with Crippen LogP contribution in [0.3, 0.4) is 0 Å². The molecule has 0 aliphatic heterocycles. The van der Waals surface area contributed by atoms with Crippen LogP contribution in [-0.4, -0.2) is 46.4 Å². The monoisotopic (exact) mass is 564 g/mol. The number of aromatic nitrogens is 1. The van der Waals surface area contributed by atoms with Crippen LogP contribution in [0.1, 0.15) is 36.1 Å². The van der Waals surface area contributed by atoms with Gasteiger partial charge in [-0.25, -0.2) is 4.79 Å². The quantitative estimate of drug-likeness (QED) is 0.213. The fourth-order valence-electron chi connectivity index (χ4n) is 4.75. The molecular weight excluding hydrogens is 529 g/mol. The topological polar surface area (TPSA) is 68.4 Å². The fourth-order valence-corrected chi connectivity index (χ4v) is 4.75. The summed E-state index contributed by atoms with van der Waals surface area (Å²) in [7, 11) is 0. The van der Waals surface area contributed by atoms with E-state index < -0.39 is 11.7 Å². The first-order valence-electron chi connectivity index (χ1n) is 13.6. The molecule has 0 aliphatic carbocycles. The number of nitrogens with one attached hydrogen (secondary N) is 2. The predicted octanol–water partition coefficient (Wildman–Crippen LogP) is 7.26. The first-order chi connectivity index (χ1) is 19.5. The standard InChI is InChI=1S/C32H35F3N4O2/c1-22(2)19-39(31(41)37-27-8-6-7-23(3)17-27)21-30(40)38(20-24-11-13-26(14-12-24)32(33,34)35)16-15-25-18-36-29-10-5-4-9-28(25)29/h4-14,17-18,22,36H,15-16,19-21H2,1-3H3,(H,37,41). The predicted molar refractivity (Wildman–Crippen MR) is 155 cm³/mol. The third-order valence-corrected chi connectivity index (χ3v) is 6.80. The first kappa shape index (κ1) is 29.7. The van der Waals surface area contributed by atoms with Gasteiger partial charge in [0.1, 0.15) is 6.54 Å². The van der Waals surface area contributed by atoms with Crippen molar-refractivity contribution >= 4 is 28.5 Å². The van der Waals surface area contributed by atoms with Crippen molar-refractivity contribution in [2.45, 2.75) is 39.9 Å². The molecule has 3 amide bonds. The second-order valence-electron chi connectivity index (χ2n) is 10.7. The van der Waals surface area contributed by atoms with Gasteiger partial charge in [-0.2, -0.15) is 13.2 Å². The van der Waals surface area contributed by atoms with Crippen molar-refractivity contribution in [1.82, 2.24) is 14.8 Å². The van der Waals surface area contributed by atoms with Crippen LogP contribution in [0.25, 0.3) is 10.9 Å². The van der Waals surface area contributed by atoms with E-state index in [-0.39, 0.29) is 30.9 Å². The Morgan fingerprint density at radius 2 is 1.68 bits per heavy atom. The number of alkyl halides is 3. The number of para-hydroxylation sites is 1. The van der Waals surface area contributed by atoms with Crippen LogP contribution in [0.15, 0.2) is 79.0 Å². The number of halogens is 3. The Labute approximate surface area is 238 Å². The highest BCUT2D eigenvalue weighted by atomic mass is 19.4. The number of carbonyl (C=O) groups excluding carboxylic acids is 2. The van der Waals surface area contributed by atoms with Crippen molar-refractivity contribution in [3.05, 3.63) is 101 Å². The van der Waals surface area contributed by atoms with E-state index >= 15 is 0 Å². The molecule has 0 saturated heterocycles. The van der Waals surface area contributed by atoms with E-state index in [2.05, 4.69) is 10.3 Å². The van der Waals surface area contributed by atoms with Crippen LogP contribution in [0.4, 0.5) is 23.7 Å². The number of benzene rings is 3. The second-order valence-corrected chi connectivity index (χ2v) is 10.7. The van der Waals surface area contributed by atoms with E-state index in [4.69, 9.17) is 0 Å². The molecule has 0 saturated carbocycles. The largest absolute Gasteiger partial charge is 0.416 e. The zero-order valence-electron chi connectivity index (χ0n) is 23.5. The van der Waals surface area contributed by atoms with Crippen molar-refractivity contribution in [1.29, 1.82) is 0 Å². The number of hydrogen-bond donors (Lipinski definition) is 2. The molecule has 0 radical (unpaired) electrons. The lowest BCUT2D eigenvalue weighted by Crippen LogP contribution is -2.46. The number of anilines is 1. The number of hydrogen-bond acceptors (Lipinski definition) is 2. The lowest BCUT2D eigenvalue weighted by atomic mass is 10.1. The third-order valence-electron chi connectivity index (χ3n) is 6.80. The first-order valence-corrected chi connectivity index (χ1v) is 13.6.